The molecule has 19 heavy (non-hydrogen) atoms. The number of amides is 1. The van der Waals surface area contributed by atoms with Crippen LogP contribution in [0, 0.1) is 0 Å². The summed E-state index contributed by atoms with van der Waals surface area (Å²) in [5.41, 5.74) is 0.476. The molecule has 0 aliphatic carbocycles. The van der Waals surface area contributed by atoms with Crippen LogP contribution in [0.5, 0.6) is 0 Å². The zero-order chi connectivity index (χ0) is 13.7. The molecule has 2 aromatic rings. The Balaban J connectivity index is 1.94. The molecular weight excluding hydrogens is 266 g/mol. The number of aromatic nitrogens is 3. The Bertz CT molecular complexity index is 555. The molecular formula is C12H14ClN5O. The van der Waals surface area contributed by atoms with Gasteiger partial charge in [0.25, 0.3) is 5.91 Å². The van der Waals surface area contributed by atoms with Crippen molar-refractivity contribution < 1.29 is 4.79 Å². The fraction of sp³-hybridized carbons (Fsp3) is 0.250. The maximum atomic E-state index is 11.9. The Morgan fingerprint density at radius 2 is 2.32 bits per heavy atom. The van der Waals surface area contributed by atoms with Crippen molar-refractivity contribution >= 4 is 23.3 Å². The number of H-pyrrole nitrogens is 1. The summed E-state index contributed by atoms with van der Waals surface area (Å²) in [5.74, 6) is 1.21. The Morgan fingerprint density at radius 3 is 3.00 bits per heavy atom. The fourth-order valence-electron chi connectivity index (χ4n) is 1.59. The minimum absolute atomic E-state index is 0.188. The van der Waals surface area contributed by atoms with E-state index in [-0.39, 0.29) is 11.1 Å². The van der Waals surface area contributed by atoms with Gasteiger partial charge in [0.1, 0.15) is 16.8 Å². The zero-order valence-electron chi connectivity index (χ0n) is 10.4. The van der Waals surface area contributed by atoms with E-state index in [1.54, 1.807) is 25.5 Å². The smallest absolute Gasteiger partial charge is 0.251 e. The summed E-state index contributed by atoms with van der Waals surface area (Å²) in [7, 11) is 1.72. The van der Waals surface area contributed by atoms with Gasteiger partial charge in [-0.3, -0.25) is 4.79 Å². The monoisotopic (exact) mass is 279 g/mol. The number of carbonyl (C=O) groups excluding carboxylic acids is 1. The van der Waals surface area contributed by atoms with E-state index in [4.69, 9.17) is 11.6 Å². The van der Waals surface area contributed by atoms with Gasteiger partial charge >= 0.3 is 0 Å². The number of imidazole rings is 1. The van der Waals surface area contributed by atoms with Gasteiger partial charge in [-0.25, -0.2) is 9.97 Å². The molecule has 2 aromatic heterocycles. The first-order valence-electron chi connectivity index (χ1n) is 5.81. The van der Waals surface area contributed by atoms with Gasteiger partial charge in [0.15, 0.2) is 0 Å². The fourth-order valence-corrected chi connectivity index (χ4v) is 1.80. The first-order chi connectivity index (χ1) is 9.19. The van der Waals surface area contributed by atoms with Crippen molar-refractivity contribution in [1.82, 2.24) is 20.3 Å². The van der Waals surface area contributed by atoms with Gasteiger partial charge in [-0.1, -0.05) is 11.6 Å². The van der Waals surface area contributed by atoms with Gasteiger partial charge in [0.2, 0.25) is 0 Å². The van der Waals surface area contributed by atoms with Gasteiger partial charge in [-0.05, 0) is 12.1 Å². The zero-order valence-corrected chi connectivity index (χ0v) is 11.2. The highest BCUT2D eigenvalue weighted by Crippen LogP contribution is 2.13. The molecule has 0 aromatic carbocycles. The molecule has 3 N–H and O–H groups in total. The molecule has 2 rings (SSSR count). The third-order valence-electron chi connectivity index (χ3n) is 2.51. The predicted molar refractivity (Wildman–Crippen MR) is 73.4 cm³/mol. The van der Waals surface area contributed by atoms with Crippen molar-refractivity contribution in [1.29, 1.82) is 0 Å². The average Bonchev–Trinajstić information content (AvgIpc) is 2.91. The predicted octanol–water partition coefficient (Wildman–Crippen LogP) is 1.47. The number of halogens is 1. The topological polar surface area (TPSA) is 82.7 Å². The van der Waals surface area contributed by atoms with Crippen LogP contribution in [0.15, 0.2) is 24.5 Å². The van der Waals surface area contributed by atoms with Crippen LogP contribution in [0.1, 0.15) is 16.2 Å². The minimum Gasteiger partial charge on any atom is -0.373 e. The number of anilines is 1. The number of hydrogen-bond acceptors (Lipinski definition) is 4. The summed E-state index contributed by atoms with van der Waals surface area (Å²) >= 11 is 5.84. The van der Waals surface area contributed by atoms with Crippen molar-refractivity contribution in [2.75, 3.05) is 18.9 Å². The van der Waals surface area contributed by atoms with E-state index in [0.29, 0.717) is 24.3 Å². The molecule has 7 heteroatoms. The summed E-state index contributed by atoms with van der Waals surface area (Å²) in [4.78, 5) is 23.0. The molecule has 6 nitrogen and oxygen atoms in total. The first kappa shape index (κ1) is 13.4. The van der Waals surface area contributed by atoms with Crippen LogP contribution in [-0.2, 0) is 6.42 Å². The van der Waals surface area contributed by atoms with Gasteiger partial charge in [-0.2, -0.15) is 0 Å². The summed E-state index contributed by atoms with van der Waals surface area (Å²) in [5, 5.41) is 5.93. The molecule has 0 saturated heterocycles. The second-order valence-electron chi connectivity index (χ2n) is 3.86. The molecule has 2 heterocycles. The highest BCUT2D eigenvalue weighted by atomic mass is 35.5. The highest BCUT2D eigenvalue weighted by Gasteiger charge is 2.08. The van der Waals surface area contributed by atoms with Crippen LogP contribution in [0.2, 0.25) is 5.15 Å². The van der Waals surface area contributed by atoms with Crippen LogP contribution in [0.25, 0.3) is 0 Å². The van der Waals surface area contributed by atoms with E-state index >= 15 is 0 Å². The number of aromatic amines is 1. The van der Waals surface area contributed by atoms with Gasteiger partial charge < -0.3 is 15.6 Å². The maximum Gasteiger partial charge on any atom is 0.251 e. The van der Waals surface area contributed by atoms with Crippen molar-refractivity contribution in [3.8, 4) is 0 Å². The van der Waals surface area contributed by atoms with Crippen molar-refractivity contribution in [2.45, 2.75) is 6.42 Å². The van der Waals surface area contributed by atoms with Crippen LogP contribution in [0.4, 0.5) is 5.82 Å². The van der Waals surface area contributed by atoms with E-state index in [2.05, 4.69) is 25.6 Å². The van der Waals surface area contributed by atoms with Crippen LogP contribution in [-0.4, -0.2) is 34.5 Å². The van der Waals surface area contributed by atoms with Gasteiger partial charge in [0, 0.05) is 38.0 Å². The molecule has 0 aliphatic heterocycles. The number of nitrogens with zero attached hydrogens (tertiary/aromatic N) is 2. The molecule has 1 amide bonds. The number of pyridine rings is 1. The van der Waals surface area contributed by atoms with Crippen LogP contribution in [0.3, 0.4) is 0 Å². The number of nitrogens with one attached hydrogen (secondary N) is 3. The number of rotatable bonds is 5. The Hall–Kier alpha value is -2.08. The molecule has 0 radical (unpaired) electrons. The molecule has 0 bridgehead atoms. The quantitative estimate of drug-likeness (QED) is 0.724. The van der Waals surface area contributed by atoms with E-state index in [0.717, 1.165) is 5.82 Å². The number of hydrogen-bond donors (Lipinski definition) is 3. The van der Waals surface area contributed by atoms with Gasteiger partial charge in [-0.15, -0.1) is 0 Å². The average molecular weight is 280 g/mol. The molecule has 0 atom stereocenters. The SMILES string of the molecule is CNc1cc(C(=O)NCCc2ncc[nH]2)cc(Cl)n1. The summed E-state index contributed by atoms with van der Waals surface area (Å²) in [6.45, 7) is 0.501. The second kappa shape index (κ2) is 6.19. The van der Waals surface area contributed by atoms with Crippen molar-refractivity contribution in [2.24, 2.45) is 0 Å². The summed E-state index contributed by atoms with van der Waals surface area (Å²) < 4.78 is 0. The van der Waals surface area contributed by atoms with E-state index in [9.17, 15) is 4.79 Å². The third-order valence-corrected chi connectivity index (χ3v) is 2.71. The van der Waals surface area contributed by atoms with Crippen molar-refractivity contribution in [3.63, 3.8) is 0 Å². The Labute approximate surface area is 115 Å². The second-order valence-corrected chi connectivity index (χ2v) is 4.24. The molecule has 0 fully saturated rings. The standard InChI is InChI=1S/C12H14ClN5O/c1-14-11-7-8(6-9(13)18-11)12(19)17-3-2-10-15-4-5-16-10/h4-7H,2-3H2,1H3,(H,14,18)(H,15,16)(H,17,19). The molecule has 0 spiro atoms. The lowest BCUT2D eigenvalue weighted by Crippen LogP contribution is -2.26. The lowest BCUT2D eigenvalue weighted by atomic mass is 10.2. The largest absolute Gasteiger partial charge is 0.373 e. The van der Waals surface area contributed by atoms with E-state index < -0.39 is 0 Å². The minimum atomic E-state index is -0.188. The highest BCUT2D eigenvalue weighted by molar-refractivity contribution is 6.29. The van der Waals surface area contributed by atoms with E-state index in [1.807, 2.05) is 0 Å². The Kier molecular flexibility index (Phi) is 4.35. The lowest BCUT2D eigenvalue weighted by molar-refractivity contribution is 0.0954. The summed E-state index contributed by atoms with van der Waals surface area (Å²) in [6, 6.07) is 3.18. The van der Waals surface area contributed by atoms with Gasteiger partial charge in [0.05, 0.1) is 0 Å². The Morgan fingerprint density at radius 1 is 1.47 bits per heavy atom. The molecule has 0 saturated carbocycles. The first-order valence-corrected chi connectivity index (χ1v) is 6.18. The normalized spacial score (nSPS) is 10.2. The molecule has 0 unspecified atom stereocenters. The van der Waals surface area contributed by atoms with Crippen molar-refractivity contribution in [3.05, 3.63) is 41.1 Å². The van der Waals surface area contributed by atoms with Crippen LogP contribution < -0.4 is 10.6 Å². The third kappa shape index (κ3) is 3.69. The molecule has 100 valence electrons. The summed E-state index contributed by atoms with van der Waals surface area (Å²) in [6.07, 6.45) is 4.08. The lowest BCUT2D eigenvalue weighted by Gasteiger charge is -2.06. The maximum absolute atomic E-state index is 11.9. The van der Waals surface area contributed by atoms with Crippen LogP contribution >= 0.6 is 11.6 Å². The number of carbonyl (C=O) groups is 1. The molecule has 0 aliphatic rings. The van der Waals surface area contributed by atoms with E-state index in [1.165, 1.54) is 6.07 Å².